The Kier molecular flexibility index (Phi) is 2.72. The number of hydrogen-bond donors (Lipinski definition) is 1. The van der Waals surface area contributed by atoms with Crippen molar-refractivity contribution in [2.24, 2.45) is 5.73 Å². The number of para-hydroxylation sites is 2. The number of nitrogens with zero attached hydrogens (tertiary/aromatic N) is 1. The molecule has 4 aromatic rings. The van der Waals surface area contributed by atoms with Crippen LogP contribution in [0.5, 0.6) is 0 Å². The maximum atomic E-state index is 6.49. The quantitative estimate of drug-likeness (QED) is 0.600. The minimum atomic E-state index is -0.257. The van der Waals surface area contributed by atoms with E-state index in [0.717, 1.165) is 33.0 Å². The molecule has 3 heteroatoms. The highest BCUT2D eigenvalue weighted by Gasteiger charge is 2.17. The van der Waals surface area contributed by atoms with Gasteiger partial charge in [0.15, 0.2) is 0 Å². The first kappa shape index (κ1) is 12.1. The molecule has 2 N–H and O–H groups in total. The molecule has 0 bridgehead atoms. The summed E-state index contributed by atoms with van der Waals surface area (Å²) in [5.41, 5.74) is 10.3. The molecule has 102 valence electrons. The maximum absolute atomic E-state index is 6.49. The van der Waals surface area contributed by atoms with Crippen LogP contribution in [0.4, 0.5) is 0 Å². The van der Waals surface area contributed by atoms with Gasteiger partial charge in [0, 0.05) is 22.5 Å². The van der Waals surface area contributed by atoms with Gasteiger partial charge in [-0.1, -0.05) is 42.5 Å². The lowest BCUT2D eigenvalue weighted by molar-refractivity contribution is 0.607. The van der Waals surface area contributed by atoms with Crippen molar-refractivity contribution in [3.05, 3.63) is 78.2 Å². The van der Waals surface area contributed by atoms with Gasteiger partial charge in [0.05, 0.1) is 17.8 Å². The highest BCUT2D eigenvalue weighted by Crippen LogP contribution is 2.31. The molecule has 2 heterocycles. The minimum absolute atomic E-state index is 0.257. The molecule has 0 radical (unpaired) electrons. The normalized spacial score (nSPS) is 12.8. The number of furan rings is 1. The number of rotatable bonds is 2. The number of nitrogens with two attached hydrogens (primary N) is 1. The molecule has 4 rings (SSSR count). The second-order valence-corrected chi connectivity index (χ2v) is 5.09. The molecule has 2 aromatic carbocycles. The molecule has 0 amide bonds. The summed E-state index contributed by atoms with van der Waals surface area (Å²) < 4.78 is 5.60. The van der Waals surface area contributed by atoms with Gasteiger partial charge < -0.3 is 10.2 Å². The molecule has 1 atom stereocenters. The van der Waals surface area contributed by atoms with Crippen molar-refractivity contribution >= 4 is 21.9 Å². The highest BCUT2D eigenvalue weighted by molar-refractivity contribution is 5.85. The largest absolute Gasteiger partial charge is 0.464 e. The van der Waals surface area contributed by atoms with Crippen LogP contribution >= 0.6 is 0 Å². The van der Waals surface area contributed by atoms with Crippen LogP contribution in [0.1, 0.15) is 17.2 Å². The van der Waals surface area contributed by atoms with Crippen LogP contribution in [0.3, 0.4) is 0 Å². The van der Waals surface area contributed by atoms with E-state index in [2.05, 4.69) is 4.98 Å². The van der Waals surface area contributed by atoms with Gasteiger partial charge in [0.25, 0.3) is 0 Å². The molecule has 0 aliphatic heterocycles. The van der Waals surface area contributed by atoms with Crippen LogP contribution in [0.2, 0.25) is 0 Å². The topological polar surface area (TPSA) is 52.0 Å². The fourth-order valence-electron chi connectivity index (χ4n) is 2.79. The Labute approximate surface area is 122 Å². The smallest absolute Gasteiger partial charge is 0.134 e. The summed E-state index contributed by atoms with van der Waals surface area (Å²) in [6, 6.07) is 17.8. The standard InChI is InChI=1S/C18H14N2O/c19-17(15-11-21-16-9-2-1-7-13(15)16)14-8-3-5-12-6-4-10-20-18(12)14/h1-11,17H,19H2. The van der Waals surface area contributed by atoms with Crippen LogP contribution in [-0.4, -0.2) is 4.98 Å². The van der Waals surface area contributed by atoms with E-state index < -0.39 is 0 Å². The lowest BCUT2D eigenvalue weighted by Gasteiger charge is -2.13. The number of benzene rings is 2. The summed E-state index contributed by atoms with van der Waals surface area (Å²) in [4.78, 5) is 4.48. The third kappa shape index (κ3) is 1.90. The van der Waals surface area contributed by atoms with E-state index in [1.165, 1.54) is 0 Å². The lowest BCUT2D eigenvalue weighted by atomic mass is 9.97. The van der Waals surface area contributed by atoms with Crippen LogP contribution in [0.15, 0.2) is 71.5 Å². The number of fused-ring (bicyclic) bond motifs is 2. The Morgan fingerprint density at radius 1 is 0.905 bits per heavy atom. The van der Waals surface area contributed by atoms with Gasteiger partial charge in [-0.2, -0.15) is 0 Å². The van der Waals surface area contributed by atoms with Gasteiger partial charge in [0.1, 0.15) is 5.58 Å². The second kappa shape index (κ2) is 4.72. The molecule has 0 aliphatic rings. The third-order valence-corrected chi connectivity index (χ3v) is 3.84. The SMILES string of the molecule is NC(c1coc2ccccc12)c1cccc2cccnc12. The zero-order valence-corrected chi connectivity index (χ0v) is 11.4. The second-order valence-electron chi connectivity index (χ2n) is 5.09. The van der Waals surface area contributed by atoms with E-state index in [0.29, 0.717) is 0 Å². The monoisotopic (exact) mass is 274 g/mol. The molecule has 0 saturated heterocycles. The van der Waals surface area contributed by atoms with E-state index in [1.54, 1.807) is 12.5 Å². The summed E-state index contributed by atoms with van der Waals surface area (Å²) in [5, 5.41) is 2.15. The minimum Gasteiger partial charge on any atom is -0.464 e. The fourth-order valence-corrected chi connectivity index (χ4v) is 2.79. The van der Waals surface area contributed by atoms with E-state index in [4.69, 9.17) is 10.2 Å². The molecule has 1 unspecified atom stereocenters. The molecule has 21 heavy (non-hydrogen) atoms. The van der Waals surface area contributed by atoms with Gasteiger partial charge in [0.2, 0.25) is 0 Å². The Hall–Kier alpha value is -2.65. The van der Waals surface area contributed by atoms with Crippen molar-refractivity contribution in [2.45, 2.75) is 6.04 Å². The molecular formula is C18H14N2O. The number of hydrogen-bond acceptors (Lipinski definition) is 3. The summed E-state index contributed by atoms with van der Waals surface area (Å²) in [7, 11) is 0. The predicted molar refractivity (Wildman–Crippen MR) is 84.0 cm³/mol. The van der Waals surface area contributed by atoms with Gasteiger partial charge in [-0.05, 0) is 17.7 Å². The van der Waals surface area contributed by atoms with E-state index in [1.807, 2.05) is 54.6 Å². The molecule has 0 saturated carbocycles. The van der Waals surface area contributed by atoms with E-state index in [9.17, 15) is 0 Å². The Morgan fingerprint density at radius 2 is 1.76 bits per heavy atom. The van der Waals surface area contributed by atoms with Crippen molar-refractivity contribution in [2.75, 3.05) is 0 Å². The predicted octanol–water partition coefficient (Wildman–Crippen LogP) is 4.03. The van der Waals surface area contributed by atoms with Crippen molar-refractivity contribution in [1.29, 1.82) is 0 Å². The first-order chi connectivity index (χ1) is 10.3. The Bertz CT molecular complexity index is 921. The van der Waals surface area contributed by atoms with E-state index >= 15 is 0 Å². The maximum Gasteiger partial charge on any atom is 0.134 e. The molecule has 2 aromatic heterocycles. The molecule has 3 nitrogen and oxygen atoms in total. The van der Waals surface area contributed by atoms with Crippen LogP contribution in [0.25, 0.3) is 21.9 Å². The van der Waals surface area contributed by atoms with Crippen molar-refractivity contribution < 1.29 is 4.42 Å². The number of aromatic nitrogens is 1. The average molecular weight is 274 g/mol. The summed E-state index contributed by atoms with van der Waals surface area (Å²) in [6.45, 7) is 0. The Morgan fingerprint density at radius 3 is 2.71 bits per heavy atom. The average Bonchev–Trinajstić information content (AvgIpc) is 2.98. The number of pyridine rings is 1. The van der Waals surface area contributed by atoms with Gasteiger partial charge in [-0.15, -0.1) is 0 Å². The lowest BCUT2D eigenvalue weighted by Crippen LogP contribution is -2.12. The third-order valence-electron chi connectivity index (χ3n) is 3.84. The van der Waals surface area contributed by atoms with Crippen LogP contribution in [0, 0.1) is 0 Å². The van der Waals surface area contributed by atoms with Crippen molar-refractivity contribution in [3.8, 4) is 0 Å². The first-order valence-corrected chi connectivity index (χ1v) is 6.90. The summed E-state index contributed by atoms with van der Waals surface area (Å²) in [5.74, 6) is 0. The first-order valence-electron chi connectivity index (χ1n) is 6.90. The zero-order chi connectivity index (χ0) is 14.2. The fraction of sp³-hybridized carbons (Fsp3) is 0.0556. The molecule has 0 fully saturated rings. The van der Waals surface area contributed by atoms with Gasteiger partial charge in [-0.3, -0.25) is 4.98 Å². The zero-order valence-electron chi connectivity index (χ0n) is 11.4. The van der Waals surface area contributed by atoms with Gasteiger partial charge >= 0.3 is 0 Å². The van der Waals surface area contributed by atoms with E-state index in [-0.39, 0.29) is 6.04 Å². The molecular weight excluding hydrogens is 260 g/mol. The molecule has 0 aliphatic carbocycles. The van der Waals surface area contributed by atoms with Gasteiger partial charge in [-0.25, -0.2) is 0 Å². The highest BCUT2D eigenvalue weighted by atomic mass is 16.3. The van der Waals surface area contributed by atoms with Crippen molar-refractivity contribution in [1.82, 2.24) is 4.98 Å². The van der Waals surface area contributed by atoms with Crippen LogP contribution < -0.4 is 5.73 Å². The summed E-state index contributed by atoms with van der Waals surface area (Å²) in [6.07, 6.45) is 3.54. The van der Waals surface area contributed by atoms with Crippen LogP contribution in [-0.2, 0) is 0 Å². The summed E-state index contributed by atoms with van der Waals surface area (Å²) >= 11 is 0. The van der Waals surface area contributed by atoms with Crippen molar-refractivity contribution in [3.63, 3.8) is 0 Å². The Balaban J connectivity index is 1.92. The molecule has 0 spiro atoms.